The van der Waals surface area contributed by atoms with Crippen LogP contribution in [0.25, 0.3) is 0 Å². The van der Waals surface area contributed by atoms with Crippen molar-refractivity contribution in [3.63, 3.8) is 0 Å². The predicted octanol–water partition coefficient (Wildman–Crippen LogP) is 5.15. The van der Waals surface area contributed by atoms with Gasteiger partial charge in [0.1, 0.15) is 17.6 Å². The van der Waals surface area contributed by atoms with Gasteiger partial charge in [0.05, 0.1) is 24.9 Å². The van der Waals surface area contributed by atoms with Gasteiger partial charge >= 0.3 is 5.97 Å². The molecule has 2 fully saturated rings. The molecule has 0 aromatic heterocycles. The fourth-order valence-corrected chi connectivity index (χ4v) is 7.04. The Balaban J connectivity index is 1.72. The van der Waals surface area contributed by atoms with Crippen LogP contribution in [0.3, 0.4) is 0 Å². The fraction of sp³-hybridized carbons (Fsp3) is 0.727. The maximum Gasteiger partial charge on any atom is 0.316 e. The summed E-state index contributed by atoms with van der Waals surface area (Å²) < 4.78 is 19.6. The molecule has 7 nitrogen and oxygen atoms in total. The van der Waals surface area contributed by atoms with Crippen LogP contribution in [0.15, 0.2) is 47.1 Å². The van der Waals surface area contributed by atoms with Gasteiger partial charge in [-0.1, -0.05) is 63.6 Å². The van der Waals surface area contributed by atoms with Crippen molar-refractivity contribution >= 4 is 5.97 Å². The summed E-state index contributed by atoms with van der Waals surface area (Å²) >= 11 is 0. The van der Waals surface area contributed by atoms with Crippen molar-refractivity contribution in [3.05, 3.63) is 47.1 Å². The average molecular weight is 559 g/mol. The third-order valence-electron chi connectivity index (χ3n) is 9.34. The number of aliphatic hydroxyl groups is 3. The summed E-state index contributed by atoms with van der Waals surface area (Å²) in [5.74, 6) is -1.45. The zero-order valence-corrected chi connectivity index (χ0v) is 25.1. The van der Waals surface area contributed by atoms with Crippen LogP contribution in [0.4, 0.5) is 0 Å². The number of carbonyl (C=O) groups excluding carboxylic acids is 1. The van der Waals surface area contributed by atoms with E-state index in [4.69, 9.17) is 14.2 Å². The van der Waals surface area contributed by atoms with Crippen LogP contribution >= 0.6 is 0 Å². The minimum atomic E-state index is -1.77. The van der Waals surface area contributed by atoms with Crippen LogP contribution in [-0.2, 0) is 19.0 Å². The lowest BCUT2D eigenvalue weighted by Gasteiger charge is -2.50. The Morgan fingerprint density at radius 2 is 1.88 bits per heavy atom. The molecule has 4 rings (SSSR count). The first-order valence-corrected chi connectivity index (χ1v) is 15.1. The first kappa shape index (κ1) is 31.2. The number of rotatable bonds is 2. The second-order valence-corrected chi connectivity index (χ2v) is 13.2. The molecular formula is C33H50O7. The van der Waals surface area contributed by atoms with Gasteiger partial charge in [0.25, 0.3) is 0 Å². The monoisotopic (exact) mass is 558 g/mol. The Morgan fingerprint density at radius 1 is 1.12 bits per heavy atom. The summed E-state index contributed by atoms with van der Waals surface area (Å²) in [5, 5.41) is 32.8. The summed E-state index contributed by atoms with van der Waals surface area (Å²) in [4.78, 5) is 13.8. The summed E-state index contributed by atoms with van der Waals surface area (Å²) in [6.45, 7) is 12.1. The maximum absolute atomic E-state index is 13.8. The lowest BCUT2D eigenvalue weighted by Crippen LogP contribution is -2.56. The molecule has 0 radical (unpaired) electrons. The lowest BCUT2D eigenvalue weighted by molar-refractivity contribution is -0.340. The Kier molecular flexibility index (Phi) is 9.83. The van der Waals surface area contributed by atoms with Crippen molar-refractivity contribution in [2.75, 3.05) is 6.61 Å². The molecule has 2 bridgehead atoms. The molecule has 0 aromatic carbocycles. The molecule has 224 valence electrons. The van der Waals surface area contributed by atoms with Crippen LogP contribution < -0.4 is 0 Å². The third kappa shape index (κ3) is 6.81. The summed E-state index contributed by atoms with van der Waals surface area (Å²) in [6, 6.07) is 0. The zero-order valence-electron chi connectivity index (χ0n) is 25.1. The van der Waals surface area contributed by atoms with Crippen molar-refractivity contribution in [2.45, 2.75) is 122 Å². The summed E-state index contributed by atoms with van der Waals surface area (Å²) in [6.07, 6.45) is 12.0. The SMILES string of the molecule is CC1=CCC2CC(CC3(CCC(C)C(C(C)C)O3)O2)OC(=O)C2C=C(C)C(O)CC2(O)C(CO)=CC=CC(C)C1. The zero-order chi connectivity index (χ0) is 29.2. The van der Waals surface area contributed by atoms with Crippen LogP contribution in [0, 0.1) is 23.7 Å². The molecule has 9 unspecified atom stereocenters. The normalized spacial score (nSPS) is 41.6. The highest BCUT2D eigenvalue weighted by Crippen LogP contribution is 2.45. The van der Waals surface area contributed by atoms with E-state index in [2.05, 4.69) is 40.7 Å². The molecule has 1 spiro atoms. The van der Waals surface area contributed by atoms with Crippen molar-refractivity contribution in [3.8, 4) is 0 Å². The minimum absolute atomic E-state index is 0.0550. The second-order valence-electron chi connectivity index (χ2n) is 13.2. The second kappa shape index (κ2) is 12.6. The average Bonchev–Trinajstić information content (AvgIpc) is 2.88. The van der Waals surface area contributed by atoms with Gasteiger partial charge in [-0.25, -0.2) is 0 Å². The number of allylic oxidation sites excluding steroid dienone is 4. The Bertz CT molecular complexity index is 1040. The Hall–Kier alpha value is -1.77. The highest BCUT2D eigenvalue weighted by Gasteiger charge is 2.52. The number of hydrogen-bond donors (Lipinski definition) is 3. The first-order valence-electron chi connectivity index (χ1n) is 15.1. The van der Waals surface area contributed by atoms with E-state index in [1.807, 2.05) is 12.2 Å². The molecule has 3 heterocycles. The van der Waals surface area contributed by atoms with E-state index in [1.54, 1.807) is 19.1 Å². The molecule has 7 heteroatoms. The van der Waals surface area contributed by atoms with Gasteiger partial charge in [-0.2, -0.15) is 0 Å². The molecule has 40 heavy (non-hydrogen) atoms. The number of fused-ring (bicyclic) bond motifs is 3. The molecule has 0 amide bonds. The summed E-state index contributed by atoms with van der Waals surface area (Å²) in [7, 11) is 0. The quantitative estimate of drug-likeness (QED) is 0.318. The minimum Gasteiger partial charge on any atom is -0.462 e. The number of ether oxygens (including phenoxy) is 3. The predicted molar refractivity (Wildman–Crippen MR) is 154 cm³/mol. The molecule has 2 saturated heterocycles. The van der Waals surface area contributed by atoms with Crippen molar-refractivity contribution < 1.29 is 34.3 Å². The molecule has 9 atom stereocenters. The van der Waals surface area contributed by atoms with Crippen LogP contribution in [0.1, 0.15) is 86.5 Å². The van der Waals surface area contributed by atoms with E-state index in [0.717, 1.165) is 19.3 Å². The molecule has 3 aliphatic heterocycles. The van der Waals surface area contributed by atoms with Crippen molar-refractivity contribution in [2.24, 2.45) is 23.7 Å². The number of aliphatic hydroxyl groups excluding tert-OH is 2. The number of carbonyl (C=O) groups is 1. The van der Waals surface area contributed by atoms with Crippen LogP contribution in [0.2, 0.25) is 0 Å². The van der Waals surface area contributed by atoms with Gasteiger partial charge in [0.15, 0.2) is 5.79 Å². The Morgan fingerprint density at radius 3 is 2.58 bits per heavy atom. The van der Waals surface area contributed by atoms with Gasteiger partial charge in [-0.15, -0.1) is 0 Å². The molecular weight excluding hydrogens is 508 g/mol. The topological polar surface area (TPSA) is 105 Å². The third-order valence-corrected chi connectivity index (χ3v) is 9.34. The van der Waals surface area contributed by atoms with Crippen LogP contribution in [-0.4, -0.2) is 63.7 Å². The van der Waals surface area contributed by atoms with Gasteiger partial charge in [0, 0.05) is 25.7 Å². The molecule has 4 aliphatic rings. The maximum atomic E-state index is 13.8. The molecule has 3 N–H and O–H groups in total. The van der Waals surface area contributed by atoms with E-state index in [0.29, 0.717) is 36.7 Å². The van der Waals surface area contributed by atoms with Crippen molar-refractivity contribution in [1.82, 2.24) is 0 Å². The van der Waals surface area contributed by atoms with E-state index in [1.165, 1.54) is 5.57 Å². The molecule has 0 saturated carbocycles. The van der Waals surface area contributed by atoms with Gasteiger partial charge in [-0.3, -0.25) is 4.79 Å². The van der Waals surface area contributed by atoms with Gasteiger partial charge in [0.2, 0.25) is 0 Å². The van der Waals surface area contributed by atoms with E-state index >= 15 is 0 Å². The lowest BCUT2D eigenvalue weighted by atomic mass is 9.71. The molecule has 1 aliphatic carbocycles. The van der Waals surface area contributed by atoms with Gasteiger partial charge in [-0.05, 0) is 62.0 Å². The van der Waals surface area contributed by atoms with Crippen molar-refractivity contribution in [1.29, 1.82) is 0 Å². The number of hydrogen-bond acceptors (Lipinski definition) is 7. The summed E-state index contributed by atoms with van der Waals surface area (Å²) in [5.41, 5.74) is 0.368. The van der Waals surface area contributed by atoms with E-state index in [9.17, 15) is 20.1 Å². The first-order chi connectivity index (χ1) is 18.9. The van der Waals surface area contributed by atoms with E-state index in [-0.39, 0.29) is 30.1 Å². The number of esters is 1. The van der Waals surface area contributed by atoms with Gasteiger partial charge < -0.3 is 29.5 Å². The molecule has 0 aromatic rings. The fourth-order valence-electron chi connectivity index (χ4n) is 7.04. The largest absolute Gasteiger partial charge is 0.462 e. The Labute approximate surface area is 240 Å². The van der Waals surface area contributed by atoms with E-state index < -0.39 is 42.1 Å². The standard InChI is InChI=1S/C33H50O7/c1-20(2)30-23(5)12-13-32(40-30)17-27-16-26(39-32)11-10-22(4)14-21(3)8-7-9-25(19-34)33(37)18-29(35)24(6)15-28(33)31(36)38-27/h7-10,15,20-21,23,26-30,34-35,37H,11-14,16-19H2,1-6H3. The smallest absolute Gasteiger partial charge is 0.316 e. The highest BCUT2D eigenvalue weighted by atomic mass is 16.7. The van der Waals surface area contributed by atoms with Crippen LogP contribution in [0.5, 0.6) is 0 Å². The highest BCUT2D eigenvalue weighted by molar-refractivity contribution is 5.78.